The van der Waals surface area contributed by atoms with Gasteiger partial charge in [-0.05, 0) is 18.2 Å². The van der Waals surface area contributed by atoms with E-state index in [1.807, 2.05) is 0 Å². The number of aliphatic imine (C=N–C) groups is 1. The van der Waals surface area contributed by atoms with Crippen LogP contribution in [0.15, 0.2) is 29.3 Å². The lowest BCUT2D eigenvalue weighted by atomic mass is 10.2. The van der Waals surface area contributed by atoms with Gasteiger partial charge < -0.3 is 14.9 Å². The second kappa shape index (κ2) is 4.22. The number of phenolic OH excluding ortho intramolecular Hbond substituents is 1. The smallest absolute Gasteiger partial charge is 0.307 e. The van der Waals surface area contributed by atoms with Crippen molar-refractivity contribution in [3.63, 3.8) is 0 Å². The molecule has 0 fully saturated rings. The summed E-state index contributed by atoms with van der Waals surface area (Å²) in [4.78, 5) is 14.6. The molecule has 84 valence electrons. The first kappa shape index (κ1) is 10.5. The molecule has 1 aromatic carbocycles. The molecule has 1 aliphatic heterocycles. The SMILES string of the molecule is O=C(O)CC1CN=C(c2cccc(O)c2)O1. The van der Waals surface area contributed by atoms with Crippen LogP contribution in [0.25, 0.3) is 0 Å². The Hall–Kier alpha value is -2.04. The number of benzene rings is 1. The monoisotopic (exact) mass is 221 g/mol. The zero-order chi connectivity index (χ0) is 11.5. The van der Waals surface area contributed by atoms with Gasteiger partial charge in [0.2, 0.25) is 5.90 Å². The van der Waals surface area contributed by atoms with Gasteiger partial charge in [0.05, 0.1) is 13.0 Å². The molecule has 1 atom stereocenters. The zero-order valence-electron chi connectivity index (χ0n) is 8.46. The van der Waals surface area contributed by atoms with E-state index in [9.17, 15) is 9.90 Å². The van der Waals surface area contributed by atoms with E-state index in [1.165, 1.54) is 6.07 Å². The number of hydrogen-bond acceptors (Lipinski definition) is 4. The Morgan fingerprint density at radius 2 is 2.38 bits per heavy atom. The maximum atomic E-state index is 10.5. The number of carboxylic acid groups (broad SMARTS) is 1. The molecule has 0 aromatic heterocycles. The van der Waals surface area contributed by atoms with Crippen LogP contribution in [0.1, 0.15) is 12.0 Å². The number of ether oxygens (including phenoxy) is 1. The number of aliphatic carboxylic acids is 1. The van der Waals surface area contributed by atoms with E-state index in [2.05, 4.69) is 4.99 Å². The van der Waals surface area contributed by atoms with Gasteiger partial charge in [-0.15, -0.1) is 0 Å². The van der Waals surface area contributed by atoms with Crippen LogP contribution >= 0.6 is 0 Å². The molecule has 0 radical (unpaired) electrons. The summed E-state index contributed by atoms with van der Waals surface area (Å²) >= 11 is 0. The summed E-state index contributed by atoms with van der Waals surface area (Å²) in [6, 6.07) is 6.51. The van der Waals surface area contributed by atoms with Crippen molar-refractivity contribution >= 4 is 11.9 Å². The van der Waals surface area contributed by atoms with E-state index in [0.29, 0.717) is 18.0 Å². The number of rotatable bonds is 3. The minimum absolute atomic E-state index is 0.0637. The fourth-order valence-corrected chi connectivity index (χ4v) is 1.52. The van der Waals surface area contributed by atoms with Crippen molar-refractivity contribution in [2.75, 3.05) is 6.54 Å². The molecule has 0 saturated carbocycles. The Morgan fingerprint density at radius 1 is 1.56 bits per heavy atom. The Balaban J connectivity index is 2.06. The third-order valence-corrected chi connectivity index (χ3v) is 2.21. The van der Waals surface area contributed by atoms with Gasteiger partial charge in [-0.25, -0.2) is 4.99 Å². The highest BCUT2D eigenvalue weighted by molar-refractivity contribution is 5.95. The first-order valence-corrected chi connectivity index (χ1v) is 4.87. The fourth-order valence-electron chi connectivity index (χ4n) is 1.52. The molecule has 0 amide bonds. The predicted octanol–water partition coefficient (Wildman–Crippen LogP) is 1.01. The summed E-state index contributed by atoms with van der Waals surface area (Å²) in [7, 11) is 0. The number of carboxylic acids is 1. The van der Waals surface area contributed by atoms with Crippen LogP contribution in [0.3, 0.4) is 0 Å². The second-order valence-corrected chi connectivity index (χ2v) is 3.53. The predicted molar refractivity (Wildman–Crippen MR) is 56.6 cm³/mol. The van der Waals surface area contributed by atoms with Gasteiger partial charge in [0.25, 0.3) is 0 Å². The molecule has 1 aliphatic rings. The molecule has 0 saturated heterocycles. The molecule has 0 spiro atoms. The van der Waals surface area contributed by atoms with Crippen molar-refractivity contribution < 1.29 is 19.7 Å². The van der Waals surface area contributed by atoms with Crippen molar-refractivity contribution in [3.05, 3.63) is 29.8 Å². The lowest BCUT2D eigenvalue weighted by Crippen LogP contribution is -2.17. The lowest BCUT2D eigenvalue weighted by molar-refractivity contribution is -0.138. The van der Waals surface area contributed by atoms with Gasteiger partial charge in [0.15, 0.2) is 0 Å². The molecular weight excluding hydrogens is 210 g/mol. The van der Waals surface area contributed by atoms with Crippen LogP contribution < -0.4 is 0 Å². The van der Waals surface area contributed by atoms with Crippen LogP contribution in [0, 0.1) is 0 Å². The standard InChI is InChI=1S/C11H11NO4/c13-8-3-1-2-7(4-8)11-12-6-9(16-11)5-10(14)15/h1-4,9,13H,5-6H2,(H,14,15). The quantitative estimate of drug-likeness (QED) is 0.798. The van der Waals surface area contributed by atoms with Crippen molar-refractivity contribution in [1.29, 1.82) is 0 Å². The second-order valence-electron chi connectivity index (χ2n) is 3.53. The number of nitrogens with zero attached hydrogens (tertiary/aromatic N) is 1. The minimum Gasteiger partial charge on any atom is -0.508 e. The fraction of sp³-hybridized carbons (Fsp3) is 0.273. The van der Waals surface area contributed by atoms with E-state index in [-0.39, 0.29) is 12.2 Å². The van der Waals surface area contributed by atoms with Gasteiger partial charge in [-0.3, -0.25) is 4.79 Å². The Kier molecular flexibility index (Phi) is 2.76. The molecule has 1 unspecified atom stereocenters. The molecule has 5 nitrogen and oxygen atoms in total. The summed E-state index contributed by atoms with van der Waals surface area (Å²) in [6.45, 7) is 0.345. The van der Waals surface area contributed by atoms with Gasteiger partial charge in [-0.2, -0.15) is 0 Å². The Labute approximate surface area is 92.0 Å². The van der Waals surface area contributed by atoms with Gasteiger partial charge in [0.1, 0.15) is 11.9 Å². The summed E-state index contributed by atoms with van der Waals surface area (Å²) < 4.78 is 5.37. The molecule has 0 bridgehead atoms. The van der Waals surface area contributed by atoms with Crippen molar-refractivity contribution in [2.24, 2.45) is 4.99 Å². The third-order valence-electron chi connectivity index (χ3n) is 2.21. The molecular formula is C11H11NO4. The first-order chi connectivity index (χ1) is 7.65. The molecule has 0 aliphatic carbocycles. The Bertz CT molecular complexity index is 441. The number of hydrogen-bond donors (Lipinski definition) is 2. The van der Waals surface area contributed by atoms with E-state index in [0.717, 1.165) is 0 Å². The molecule has 1 aromatic rings. The highest BCUT2D eigenvalue weighted by Crippen LogP contribution is 2.17. The van der Waals surface area contributed by atoms with Crippen LogP contribution in [0.2, 0.25) is 0 Å². The maximum Gasteiger partial charge on any atom is 0.307 e. The van der Waals surface area contributed by atoms with E-state index in [1.54, 1.807) is 18.2 Å². The van der Waals surface area contributed by atoms with Crippen molar-refractivity contribution in [1.82, 2.24) is 0 Å². The van der Waals surface area contributed by atoms with Crippen LogP contribution in [0.5, 0.6) is 5.75 Å². The van der Waals surface area contributed by atoms with Gasteiger partial charge in [0, 0.05) is 5.56 Å². The van der Waals surface area contributed by atoms with Crippen molar-refractivity contribution in [3.8, 4) is 5.75 Å². The highest BCUT2D eigenvalue weighted by Gasteiger charge is 2.23. The van der Waals surface area contributed by atoms with Crippen LogP contribution in [-0.4, -0.2) is 34.7 Å². The largest absolute Gasteiger partial charge is 0.508 e. The number of aromatic hydroxyl groups is 1. The molecule has 16 heavy (non-hydrogen) atoms. The average molecular weight is 221 g/mol. The minimum atomic E-state index is -0.905. The number of phenols is 1. The molecule has 1 heterocycles. The summed E-state index contributed by atoms with van der Waals surface area (Å²) in [5.41, 5.74) is 0.660. The van der Waals surface area contributed by atoms with Crippen LogP contribution in [0.4, 0.5) is 0 Å². The summed E-state index contributed by atoms with van der Waals surface area (Å²) in [6.07, 6.45) is -0.471. The van der Waals surface area contributed by atoms with Gasteiger partial charge in [-0.1, -0.05) is 6.07 Å². The molecule has 5 heteroatoms. The van der Waals surface area contributed by atoms with Gasteiger partial charge >= 0.3 is 5.97 Å². The van der Waals surface area contributed by atoms with E-state index in [4.69, 9.17) is 9.84 Å². The van der Waals surface area contributed by atoms with E-state index < -0.39 is 12.1 Å². The Morgan fingerprint density at radius 3 is 3.06 bits per heavy atom. The van der Waals surface area contributed by atoms with Crippen molar-refractivity contribution in [2.45, 2.75) is 12.5 Å². The van der Waals surface area contributed by atoms with E-state index >= 15 is 0 Å². The lowest BCUT2D eigenvalue weighted by Gasteiger charge is -2.08. The third kappa shape index (κ3) is 2.31. The molecule has 2 N–H and O–H groups in total. The van der Waals surface area contributed by atoms with Crippen LogP contribution in [-0.2, 0) is 9.53 Å². The first-order valence-electron chi connectivity index (χ1n) is 4.87. The number of carbonyl (C=O) groups is 1. The zero-order valence-corrected chi connectivity index (χ0v) is 8.46. The summed E-state index contributed by atoms with van der Waals surface area (Å²) in [5.74, 6) is -0.384. The topological polar surface area (TPSA) is 79.1 Å². The average Bonchev–Trinajstić information content (AvgIpc) is 2.65. The normalized spacial score (nSPS) is 19.0. The molecule has 2 rings (SSSR count). The highest BCUT2D eigenvalue weighted by atomic mass is 16.5. The summed E-state index contributed by atoms with van der Waals surface area (Å²) in [5, 5.41) is 17.9. The maximum absolute atomic E-state index is 10.5.